The molecule has 1 aliphatic rings. The summed E-state index contributed by atoms with van der Waals surface area (Å²) >= 11 is 0. The molecule has 0 aromatic heterocycles. The number of benzene rings is 1. The molecule has 0 bridgehead atoms. The number of hydrogen-bond acceptors (Lipinski definition) is 3. The number of ether oxygens (including phenoxy) is 3. The number of rotatable bonds is 7. The van der Waals surface area contributed by atoms with Crippen LogP contribution in [0.1, 0.15) is 56.6 Å². The van der Waals surface area contributed by atoms with E-state index in [4.69, 9.17) is 14.2 Å². The van der Waals surface area contributed by atoms with Crippen molar-refractivity contribution in [2.75, 3.05) is 19.8 Å². The van der Waals surface area contributed by atoms with Crippen LogP contribution in [0.4, 0.5) is 17.6 Å². The van der Waals surface area contributed by atoms with Gasteiger partial charge in [0.2, 0.25) is 0 Å². The van der Waals surface area contributed by atoms with Crippen molar-refractivity contribution in [3.8, 4) is 5.75 Å². The van der Waals surface area contributed by atoms with Crippen molar-refractivity contribution in [3.05, 3.63) is 29.1 Å². The molecule has 142 valence electrons. The van der Waals surface area contributed by atoms with E-state index in [1.165, 1.54) is 12.1 Å². The predicted octanol–water partition coefficient (Wildman–Crippen LogP) is 5.28. The molecular formula is C18H24F4O3. The maximum Gasteiger partial charge on any atom is 0.419 e. The van der Waals surface area contributed by atoms with Gasteiger partial charge in [-0.3, -0.25) is 0 Å². The van der Waals surface area contributed by atoms with E-state index in [1.54, 1.807) is 6.92 Å². The van der Waals surface area contributed by atoms with Crippen LogP contribution in [0.15, 0.2) is 12.1 Å². The fraction of sp³-hybridized carbons (Fsp3) is 0.667. The standard InChI is InChI=1S/C18H24F4O3/c1-3-5-10-24-15-9-6-12(11-25-15)13-7-8-14(23-4-2)17(19)16(13)18(20,21)22/h7-8,12,15H,3-6,9-11H2,1-2H3. The van der Waals surface area contributed by atoms with Crippen LogP contribution in [0.3, 0.4) is 0 Å². The summed E-state index contributed by atoms with van der Waals surface area (Å²) in [6.45, 7) is 4.37. The second-order valence-corrected chi connectivity index (χ2v) is 6.03. The molecule has 2 rings (SSSR count). The summed E-state index contributed by atoms with van der Waals surface area (Å²) < 4.78 is 70.6. The highest BCUT2D eigenvalue weighted by atomic mass is 19.4. The normalized spacial score (nSPS) is 21.4. The summed E-state index contributed by atoms with van der Waals surface area (Å²) in [7, 11) is 0. The second-order valence-electron chi connectivity index (χ2n) is 6.03. The van der Waals surface area contributed by atoms with Crippen LogP contribution in [0, 0.1) is 5.82 Å². The Kier molecular flexibility index (Phi) is 7.07. The molecule has 1 saturated heterocycles. The van der Waals surface area contributed by atoms with E-state index in [0.29, 0.717) is 19.4 Å². The van der Waals surface area contributed by atoms with Crippen molar-refractivity contribution in [2.45, 2.75) is 57.9 Å². The van der Waals surface area contributed by atoms with Crippen LogP contribution in [0.25, 0.3) is 0 Å². The third kappa shape index (κ3) is 5.07. The zero-order valence-electron chi connectivity index (χ0n) is 14.5. The average Bonchev–Trinajstić information content (AvgIpc) is 2.56. The Morgan fingerprint density at radius 3 is 2.52 bits per heavy atom. The van der Waals surface area contributed by atoms with Crippen molar-refractivity contribution in [2.24, 2.45) is 0 Å². The molecular weight excluding hydrogens is 340 g/mol. The molecule has 0 aliphatic carbocycles. The van der Waals surface area contributed by atoms with Crippen molar-refractivity contribution in [1.29, 1.82) is 0 Å². The summed E-state index contributed by atoms with van der Waals surface area (Å²) in [5.74, 6) is -2.25. The van der Waals surface area contributed by atoms with E-state index < -0.39 is 29.8 Å². The van der Waals surface area contributed by atoms with Crippen molar-refractivity contribution in [1.82, 2.24) is 0 Å². The van der Waals surface area contributed by atoms with Gasteiger partial charge in [-0.25, -0.2) is 4.39 Å². The molecule has 25 heavy (non-hydrogen) atoms. The summed E-state index contributed by atoms with van der Waals surface area (Å²) in [4.78, 5) is 0. The average molecular weight is 364 g/mol. The minimum atomic E-state index is -4.79. The molecule has 7 heteroatoms. The molecule has 1 aromatic rings. The van der Waals surface area contributed by atoms with Crippen LogP contribution in [-0.2, 0) is 15.7 Å². The van der Waals surface area contributed by atoms with Gasteiger partial charge >= 0.3 is 6.18 Å². The van der Waals surface area contributed by atoms with Gasteiger partial charge in [0, 0.05) is 12.5 Å². The zero-order valence-corrected chi connectivity index (χ0v) is 14.5. The smallest absolute Gasteiger partial charge is 0.419 e. The topological polar surface area (TPSA) is 27.7 Å². The van der Waals surface area contributed by atoms with Gasteiger partial charge < -0.3 is 14.2 Å². The highest BCUT2D eigenvalue weighted by Crippen LogP contribution is 2.42. The monoisotopic (exact) mass is 364 g/mol. The lowest BCUT2D eigenvalue weighted by Crippen LogP contribution is -2.29. The zero-order chi connectivity index (χ0) is 18.4. The Morgan fingerprint density at radius 2 is 1.96 bits per heavy atom. The minimum absolute atomic E-state index is 0.0767. The van der Waals surface area contributed by atoms with E-state index in [9.17, 15) is 17.6 Å². The predicted molar refractivity (Wildman–Crippen MR) is 85.1 cm³/mol. The third-order valence-corrected chi connectivity index (χ3v) is 4.20. The molecule has 0 radical (unpaired) electrons. The summed E-state index contributed by atoms with van der Waals surface area (Å²) in [5, 5.41) is 0. The van der Waals surface area contributed by atoms with Gasteiger partial charge in [0.05, 0.1) is 18.8 Å². The number of alkyl halides is 3. The third-order valence-electron chi connectivity index (χ3n) is 4.20. The molecule has 0 N–H and O–H groups in total. The van der Waals surface area contributed by atoms with Gasteiger partial charge in [0.1, 0.15) is 0 Å². The first-order valence-corrected chi connectivity index (χ1v) is 8.64. The van der Waals surface area contributed by atoms with Gasteiger partial charge in [0.25, 0.3) is 0 Å². The molecule has 1 aliphatic heterocycles. The fourth-order valence-electron chi connectivity index (χ4n) is 2.93. The van der Waals surface area contributed by atoms with Gasteiger partial charge in [-0.1, -0.05) is 19.4 Å². The quantitative estimate of drug-likeness (QED) is 0.487. The molecule has 1 aromatic carbocycles. The first-order valence-electron chi connectivity index (χ1n) is 8.64. The minimum Gasteiger partial charge on any atom is -0.491 e. The van der Waals surface area contributed by atoms with Crippen molar-refractivity contribution >= 4 is 0 Å². The van der Waals surface area contributed by atoms with Gasteiger partial charge in [-0.2, -0.15) is 13.2 Å². The first-order chi connectivity index (χ1) is 11.9. The number of unbranched alkanes of at least 4 members (excludes halogenated alkanes) is 1. The van der Waals surface area contributed by atoms with Crippen molar-refractivity contribution < 1.29 is 31.8 Å². The van der Waals surface area contributed by atoms with Crippen LogP contribution in [-0.4, -0.2) is 26.1 Å². The molecule has 0 spiro atoms. The van der Waals surface area contributed by atoms with E-state index in [2.05, 4.69) is 0 Å². The molecule has 2 atom stereocenters. The Balaban J connectivity index is 2.15. The maximum atomic E-state index is 14.3. The number of hydrogen-bond donors (Lipinski definition) is 0. The van der Waals surface area contributed by atoms with Gasteiger partial charge in [0.15, 0.2) is 17.9 Å². The SMILES string of the molecule is CCCCOC1CCC(c2ccc(OCC)c(F)c2C(F)(F)F)CO1. The molecule has 0 amide bonds. The van der Waals surface area contributed by atoms with Crippen LogP contribution < -0.4 is 4.74 Å². The van der Waals surface area contributed by atoms with Crippen LogP contribution in [0.2, 0.25) is 0 Å². The van der Waals surface area contributed by atoms with E-state index in [0.717, 1.165) is 12.8 Å². The highest BCUT2D eigenvalue weighted by Gasteiger charge is 2.40. The summed E-state index contributed by atoms with van der Waals surface area (Å²) in [5.41, 5.74) is -1.34. The van der Waals surface area contributed by atoms with E-state index in [-0.39, 0.29) is 24.5 Å². The maximum absolute atomic E-state index is 14.3. The van der Waals surface area contributed by atoms with Gasteiger partial charge in [-0.15, -0.1) is 0 Å². The molecule has 2 unspecified atom stereocenters. The molecule has 1 heterocycles. The largest absolute Gasteiger partial charge is 0.491 e. The number of halogens is 4. The van der Waals surface area contributed by atoms with Crippen LogP contribution in [0.5, 0.6) is 5.75 Å². The van der Waals surface area contributed by atoms with E-state index >= 15 is 0 Å². The lowest BCUT2D eigenvalue weighted by atomic mass is 9.88. The Labute approximate surface area is 145 Å². The fourth-order valence-corrected chi connectivity index (χ4v) is 2.93. The van der Waals surface area contributed by atoms with Gasteiger partial charge in [-0.05, 0) is 37.8 Å². The lowest BCUT2D eigenvalue weighted by Gasteiger charge is -2.31. The lowest BCUT2D eigenvalue weighted by molar-refractivity contribution is -0.169. The molecule has 3 nitrogen and oxygen atoms in total. The highest BCUT2D eigenvalue weighted by molar-refractivity contribution is 5.41. The summed E-state index contributed by atoms with van der Waals surface area (Å²) in [6.07, 6.45) is -2.35. The Morgan fingerprint density at radius 1 is 1.20 bits per heavy atom. The van der Waals surface area contributed by atoms with Crippen LogP contribution >= 0.6 is 0 Å². The Hall–Kier alpha value is -1.34. The molecule has 1 fully saturated rings. The Bertz CT molecular complexity index is 552. The summed E-state index contributed by atoms with van der Waals surface area (Å²) in [6, 6.07) is 2.55. The van der Waals surface area contributed by atoms with Crippen molar-refractivity contribution in [3.63, 3.8) is 0 Å². The second kappa shape index (κ2) is 8.85. The first kappa shape index (κ1) is 20.0. The van der Waals surface area contributed by atoms with E-state index in [1.807, 2.05) is 6.92 Å². The molecule has 0 saturated carbocycles.